The van der Waals surface area contributed by atoms with Gasteiger partial charge in [-0.1, -0.05) is 31.1 Å². The molecule has 13 heteroatoms. The van der Waals surface area contributed by atoms with Crippen LogP contribution in [0.1, 0.15) is 37.4 Å². The second-order valence-electron chi connectivity index (χ2n) is 10.7. The van der Waals surface area contributed by atoms with Crippen LogP contribution < -0.4 is 4.74 Å². The maximum Gasteiger partial charge on any atom is 0.434 e. The fourth-order valence-electron chi connectivity index (χ4n) is 4.49. The van der Waals surface area contributed by atoms with Crippen LogP contribution in [0.2, 0.25) is 24.2 Å². The second kappa shape index (κ2) is 12.9. The number of nitrogens with zero attached hydrogens (tertiary/aromatic N) is 4. The fraction of sp³-hybridized carbons (Fsp3) is 0.500. The van der Waals surface area contributed by atoms with E-state index in [1.54, 1.807) is 25.3 Å². The highest BCUT2D eigenvalue weighted by molar-refractivity contribution is 6.55. The van der Waals surface area contributed by atoms with E-state index < -0.39 is 26.1 Å². The monoisotopic (exact) mass is 610 g/mol. The summed E-state index contributed by atoms with van der Waals surface area (Å²) in [6, 6.07) is 4.29. The molecule has 0 amide bonds. The van der Waals surface area contributed by atoms with E-state index in [-0.39, 0.29) is 35.8 Å². The minimum Gasteiger partial charge on any atom is -0.476 e. The van der Waals surface area contributed by atoms with E-state index in [4.69, 9.17) is 25.8 Å². The summed E-state index contributed by atoms with van der Waals surface area (Å²) in [5, 5.41) is 0.138. The molecule has 1 aliphatic carbocycles. The first-order chi connectivity index (χ1) is 19.4. The molecular formula is C28H34ClF3N4O4Si. The first-order valence-electron chi connectivity index (χ1n) is 13.6. The van der Waals surface area contributed by atoms with Crippen molar-refractivity contribution in [1.29, 1.82) is 0 Å². The third kappa shape index (κ3) is 7.28. The molecule has 3 aromatic rings. The van der Waals surface area contributed by atoms with Crippen molar-refractivity contribution in [2.75, 3.05) is 19.8 Å². The standard InChI is InChI=1S/C28H34ClF3N4O4Si/c1-5-39-26(37)27(7-6-8-27)16-40-23-11-18(2)20(14-33-23)19-12-21(29)24(34-13-19)25-35-22(28(30,31)32)15-36(25)17-38-9-10-41(3)4/h11-15,41H,5-10,16-17H2,1-4H3. The van der Waals surface area contributed by atoms with Crippen LogP contribution in [0, 0.1) is 12.3 Å². The van der Waals surface area contributed by atoms with Gasteiger partial charge in [-0.15, -0.1) is 0 Å². The van der Waals surface area contributed by atoms with Crippen molar-refractivity contribution in [3.8, 4) is 28.5 Å². The van der Waals surface area contributed by atoms with Crippen molar-refractivity contribution in [3.05, 3.63) is 47.0 Å². The lowest BCUT2D eigenvalue weighted by Gasteiger charge is -2.38. The summed E-state index contributed by atoms with van der Waals surface area (Å²) in [6.07, 6.45) is 1.80. The fourth-order valence-corrected chi connectivity index (χ4v) is 5.38. The van der Waals surface area contributed by atoms with Crippen LogP contribution in [0.15, 0.2) is 30.7 Å². The van der Waals surface area contributed by atoms with Gasteiger partial charge in [0.05, 0.1) is 11.6 Å². The Morgan fingerprint density at radius 3 is 2.54 bits per heavy atom. The molecule has 41 heavy (non-hydrogen) atoms. The third-order valence-corrected chi connectivity index (χ3v) is 8.78. The predicted octanol–water partition coefficient (Wildman–Crippen LogP) is 6.56. The molecule has 1 fully saturated rings. The molecule has 0 atom stereocenters. The lowest BCUT2D eigenvalue weighted by molar-refractivity contribution is -0.163. The van der Waals surface area contributed by atoms with E-state index in [0.717, 1.165) is 29.8 Å². The van der Waals surface area contributed by atoms with Crippen LogP contribution in [0.3, 0.4) is 0 Å². The van der Waals surface area contributed by atoms with Crippen molar-refractivity contribution in [2.24, 2.45) is 5.41 Å². The van der Waals surface area contributed by atoms with Gasteiger partial charge in [0.2, 0.25) is 5.88 Å². The summed E-state index contributed by atoms with van der Waals surface area (Å²) < 4.78 is 58.4. The van der Waals surface area contributed by atoms with Crippen LogP contribution in [0.5, 0.6) is 5.88 Å². The van der Waals surface area contributed by atoms with Crippen LogP contribution in [0.4, 0.5) is 13.2 Å². The molecule has 0 unspecified atom stereocenters. The Kier molecular flexibility index (Phi) is 9.76. The van der Waals surface area contributed by atoms with Crippen molar-refractivity contribution < 1.29 is 32.2 Å². The summed E-state index contributed by atoms with van der Waals surface area (Å²) in [6.45, 7) is 8.87. The highest BCUT2D eigenvalue weighted by Crippen LogP contribution is 2.42. The Morgan fingerprint density at radius 2 is 1.95 bits per heavy atom. The largest absolute Gasteiger partial charge is 0.476 e. The van der Waals surface area contributed by atoms with Gasteiger partial charge < -0.3 is 18.8 Å². The average molecular weight is 611 g/mol. The van der Waals surface area contributed by atoms with E-state index >= 15 is 0 Å². The zero-order valence-electron chi connectivity index (χ0n) is 23.6. The smallest absolute Gasteiger partial charge is 0.434 e. The number of halogens is 4. The molecule has 4 rings (SSSR count). The first kappa shape index (κ1) is 31.0. The number of pyridine rings is 2. The van der Waals surface area contributed by atoms with Crippen LogP contribution in [-0.2, 0) is 27.2 Å². The molecule has 0 N–H and O–H groups in total. The molecule has 3 heterocycles. The van der Waals surface area contributed by atoms with Gasteiger partial charge in [-0.2, -0.15) is 13.2 Å². The Labute approximate surface area is 243 Å². The number of carbonyl (C=O) groups excluding carboxylic acids is 1. The molecule has 3 aromatic heterocycles. The normalized spacial score (nSPS) is 14.7. The zero-order chi connectivity index (χ0) is 29.8. The molecule has 0 spiro atoms. The maximum absolute atomic E-state index is 13.5. The number of hydrogen-bond acceptors (Lipinski definition) is 7. The topological polar surface area (TPSA) is 88.4 Å². The van der Waals surface area contributed by atoms with E-state index in [0.29, 0.717) is 37.5 Å². The van der Waals surface area contributed by atoms with Gasteiger partial charge in [0.25, 0.3) is 0 Å². The maximum atomic E-state index is 13.5. The van der Waals surface area contributed by atoms with Gasteiger partial charge in [0, 0.05) is 51.2 Å². The minimum atomic E-state index is -4.63. The van der Waals surface area contributed by atoms with E-state index in [1.807, 2.05) is 6.92 Å². The molecule has 0 bridgehead atoms. The number of hydrogen-bond donors (Lipinski definition) is 0. The number of ether oxygens (including phenoxy) is 3. The zero-order valence-corrected chi connectivity index (χ0v) is 25.5. The lowest BCUT2D eigenvalue weighted by Crippen LogP contribution is -2.44. The third-order valence-electron chi connectivity index (χ3n) is 7.10. The average Bonchev–Trinajstić information content (AvgIpc) is 3.30. The van der Waals surface area contributed by atoms with Gasteiger partial charge in [0.15, 0.2) is 11.5 Å². The van der Waals surface area contributed by atoms with Crippen LogP contribution >= 0.6 is 11.6 Å². The molecule has 8 nitrogen and oxygen atoms in total. The lowest BCUT2D eigenvalue weighted by atomic mass is 9.69. The van der Waals surface area contributed by atoms with E-state index in [2.05, 4.69) is 28.0 Å². The van der Waals surface area contributed by atoms with E-state index in [1.165, 1.54) is 10.8 Å². The molecule has 1 saturated carbocycles. The first-order valence-corrected chi connectivity index (χ1v) is 17.1. The number of carbonyl (C=O) groups is 1. The summed E-state index contributed by atoms with van der Waals surface area (Å²) >= 11 is 6.55. The van der Waals surface area contributed by atoms with Gasteiger partial charge in [0.1, 0.15) is 24.4 Å². The molecule has 0 aliphatic heterocycles. The Balaban J connectivity index is 1.53. The number of esters is 1. The van der Waals surface area contributed by atoms with Crippen molar-refractivity contribution in [1.82, 2.24) is 19.5 Å². The summed E-state index contributed by atoms with van der Waals surface area (Å²) in [4.78, 5) is 25.0. The molecule has 0 saturated heterocycles. The Bertz CT molecular complexity index is 1380. The van der Waals surface area contributed by atoms with Crippen molar-refractivity contribution in [3.63, 3.8) is 0 Å². The molecule has 0 aromatic carbocycles. The van der Waals surface area contributed by atoms with Crippen LogP contribution in [-0.4, -0.2) is 54.1 Å². The number of aromatic nitrogens is 4. The number of imidazole rings is 1. The van der Waals surface area contributed by atoms with E-state index in [9.17, 15) is 18.0 Å². The van der Waals surface area contributed by atoms with Crippen molar-refractivity contribution >= 4 is 26.4 Å². The highest BCUT2D eigenvalue weighted by Gasteiger charge is 2.46. The molecule has 222 valence electrons. The number of rotatable bonds is 12. The summed E-state index contributed by atoms with van der Waals surface area (Å²) in [5.74, 6) is 0.104. The number of alkyl halides is 3. The van der Waals surface area contributed by atoms with Crippen LogP contribution in [0.25, 0.3) is 22.6 Å². The van der Waals surface area contributed by atoms with Gasteiger partial charge in [-0.25, -0.2) is 9.97 Å². The summed E-state index contributed by atoms with van der Waals surface area (Å²) in [5.41, 5.74) is 0.618. The van der Waals surface area contributed by atoms with Gasteiger partial charge in [-0.05, 0) is 44.4 Å². The Morgan fingerprint density at radius 1 is 1.20 bits per heavy atom. The Hall–Kier alpha value is -2.96. The highest BCUT2D eigenvalue weighted by atomic mass is 35.5. The molecule has 1 aliphatic rings. The van der Waals surface area contributed by atoms with Crippen molar-refractivity contribution in [2.45, 2.75) is 65.2 Å². The minimum absolute atomic E-state index is 0.0271. The van der Waals surface area contributed by atoms with Gasteiger partial charge in [-0.3, -0.25) is 9.78 Å². The predicted molar refractivity (Wildman–Crippen MR) is 151 cm³/mol. The number of aryl methyl sites for hydroxylation is 1. The molecule has 0 radical (unpaired) electrons. The summed E-state index contributed by atoms with van der Waals surface area (Å²) in [7, 11) is -0.855. The SMILES string of the molecule is CCOC(=O)C1(COc2cc(C)c(-c3cnc(-c4nc(C(F)(F)F)cn4COCC[SiH](C)C)c(Cl)c3)cn2)CCC1. The molecular weight excluding hydrogens is 577 g/mol. The quantitative estimate of drug-likeness (QED) is 0.130. The van der Waals surface area contributed by atoms with Gasteiger partial charge >= 0.3 is 12.1 Å². The second-order valence-corrected chi connectivity index (χ2v) is 14.4.